The molecule has 2 aromatic carbocycles. The fourth-order valence-electron chi connectivity index (χ4n) is 2.76. The minimum Gasteiger partial charge on any atom is -0.347 e. The number of benzene rings is 2. The van der Waals surface area contributed by atoms with Gasteiger partial charge in [-0.05, 0) is 24.5 Å². The van der Waals surface area contributed by atoms with Crippen molar-refractivity contribution in [2.45, 2.75) is 39.3 Å². The Bertz CT molecular complexity index is 794. The number of carbonyl (C=O) groups is 2. The van der Waals surface area contributed by atoms with Crippen molar-refractivity contribution in [3.8, 4) is 0 Å². The van der Waals surface area contributed by atoms with Crippen LogP contribution in [-0.4, -0.2) is 11.8 Å². The SMILES string of the molecule is CC(C)CC(=O)NC(C(=O)NC(C)c1ccc(F)cc1F)c1ccccc1. The lowest BCUT2D eigenvalue weighted by Gasteiger charge is -2.22. The van der Waals surface area contributed by atoms with E-state index in [-0.39, 0.29) is 17.4 Å². The maximum atomic E-state index is 14.0. The van der Waals surface area contributed by atoms with Crippen LogP contribution in [0.15, 0.2) is 48.5 Å². The van der Waals surface area contributed by atoms with Crippen molar-refractivity contribution in [3.63, 3.8) is 0 Å². The van der Waals surface area contributed by atoms with Crippen LogP contribution in [0.3, 0.4) is 0 Å². The molecule has 0 bridgehead atoms. The van der Waals surface area contributed by atoms with Crippen LogP contribution >= 0.6 is 0 Å². The third-order valence-corrected chi connectivity index (χ3v) is 4.08. The topological polar surface area (TPSA) is 58.2 Å². The predicted octanol–water partition coefficient (Wildman–Crippen LogP) is 4.05. The Morgan fingerprint density at radius 1 is 0.963 bits per heavy atom. The summed E-state index contributed by atoms with van der Waals surface area (Å²) in [5.41, 5.74) is 0.795. The van der Waals surface area contributed by atoms with E-state index in [1.807, 2.05) is 19.9 Å². The van der Waals surface area contributed by atoms with Crippen molar-refractivity contribution >= 4 is 11.8 Å². The maximum Gasteiger partial charge on any atom is 0.247 e. The Labute approximate surface area is 158 Å². The molecule has 0 heterocycles. The number of hydrogen-bond donors (Lipinski definition) is 2. The molecular formula is C21H24F2N2O2. The summed E-state index contributed by atoms with van der Waals surface area (Å²) < 4.78 is 27.1. The average Bonchev–Trinajstić information content (AvgIpc) is 2.59. The lowest BCUT2D eigenvalue weighted by molar-refractivity contribution is -0.130. The monoisotopic (exact) mass is 374 g/mol. The van der Waals surface area contributed by atoms with E-state index in [2.05, 4.69) is 10.6 Å². The smallest absolute Gasteiger partial charge is 0.247 e. The summed E-state index contributed by atoms with van der Waals surface area (Å²) in [4.78, 5) is 25.0. The van der Waals surface area contributed by atoms with Gasteiger partial charge in [0, 0.05) is 18.1 Å². The van der Waals surface area contributed by atoms with Gasteiger partial charge in [0.25, 0.3) is 0 Å². The van der Waals surface area contributed by atoms with E-state index in [1.54, 1.807) is 31.2 Å². The summed E-state index contributed by atoms with van der Waals surface area (Å²) in [6.07, 6.45) is 0.290. The molecule has 0 aromatic heterocycles. The molecule has 6 heteroatoms. The van der Waals surface area contributed by atoms with E-state index in [4.69, 9.17) is 0 Å². The van der Waals surface area contributed by atoms with Gasteiger partial charge in [0.15, 0.2) is 0 Å². The molecule has 2 aromatic rings. The van der Waals surface area contributed by atoms with Crippen molar-refractivity contribution in [2.24, 2.45) is 5.92 Å². The highest BCUT2D eigenvalue weighted by molar-refractivity contribution is 5.89. The second-order valence-electron chi connectivity index (χ2n) is 6.91. The molecule has 0 spiro atoms. The Morgan fingerprint density at radius 3 is 2.22 bits per heavy atom. The quantitative estimate of drug-likeness (QED) is 0.768. The molecule has 4 nitrogen and oxygen atoms in total. The molecule has 0 saturated carbocycles. The zero-order valence-electron chi connectivity index (χ0n) is 15.6. The highest BCUT2D eigenvalue weighted by Crippen LogP contribution is 2.20. The molecule has 27 heavy (non-hydrogen) atoms. The lowest BCUT2D eigenvalue weighted by Crippen LogP contribution is -2.41. The third kappa shape index (κ3) is 5.88. The summed E-state index contributed by atoms with van der Waals surface area (Å²) in [7, 11) is 0. The first-order valence-electron chi connectivity index (χ1n) is 8.87. The summed E-state index contributed by atoms with van der Waals surface area (Å²) in [6, 6.07) is 10.5. The zero-order valence-corrected chi connectivity index (χ0v) is 15.6. The van der Waals surface area contributed by atoms with E-state index in [0.717, 1.165) is 12.1 Å². The predicted molar refractivity (Wildman–Crippen MR) is 99.7 cm³/mol. The molecule has 2 rings (SSSR count). The molecule has 0 aliphatic rings. The second kappa shape index (κ2) is 9.26. The van der Waals surface area contributed by atoms with Crippen LogP contribution in [0.1, 0.15) is 50.4 Å². The van der Waals surface area contributed by atoms with Crippen LogP contribution in [0, 0.1) is 17.6 Å². The van der Waals surface area contributed by atoms with E-state index < -0.39 is 29.6 Å². The second-order valence-corrected chi connectivity index (χ2v) is 6.91. The molecule has 2 amide bonds. The lowest BCUT2D eigenvalue weighted by atomic mass is 10.0. The summed E-state index contributed by atoms with van der Waals surface area (Å²) in [6.45, 7) is 5.43. The zero-order chi connectivity index (χ0) is 20.0. The Hall–Kier alpha value is -2.76. The van der Waals surface area contributed by atoms with Gasteiger partial charge in [-0.25, -0.2) is 8.78 Å². The number of halogens is 2. The van der Waals surface area contributed by atoms with Crippen LogP contribution in [0.25, 0.3) is 0 Å². The fraction of sp³-hybridized carbons (Fsp3) is 0.333. The van der Waals surface area contributed by atoms with Crippen LogP contribution < -0.4 is 10.6 Å². The Balaban J connectivity index is 2.19. The minimum absolute atomic E-state index is 0.150. The molecule has 2 atom stereocenters. The van der Waals surface area contributed by atoms with Gasteiger partial charge in [-0.15, -0.1) is 0 Å². The van der Waals surface area contributed by atoms with Crippen molar-refractivity contribution in [1.82, 2.24) is 10.6 Å². The van der Waals surface area contributed by atoms with Crippen LogP contribution in [0.2, 0.25) is 0 Å². The summed E-state index contributed by atoms with van der Waals surface area (Å²) >= 11 is 0. The largest absolute Gasteiger partial charge is 0.347 e. The Kier molecular flexibility index (Phi) is 7.05. The molecule has 0 aliphatic heterocycles. The van der Waals surface area contributed by atoms with Gasteiger partial charge in [-0.2, -0.15) is 0 Å². The van der Waals surface area contributed by atoms with Gasteiger partial charge in [-0.1, -0.05) is 50.2 Å². The normalized spacial score (nSPS) is 13.1. The van der Waals surface area contributed by atoms with Gasteiger partial charge in [0.05, 0.1) is 6.04 Å². The summed E-state index contributed by atoms with van der Waals surface area (Å²) in [5.74, 6) is -1.97. The fourth-order valence-corrected chi connectivity index (χ4v) is 2.76. The first-order valence-corrected chi connectivity index (χ1v) is 8.87. The van der Waals surface area contributed by atoms with E-state index in [0.29, 0.717) is 12.0 Å². The Morgan fingerprint density at radius 2 is 1.63 bits per heavy atom. The highest BCUT2D eigenvalue weighted by Gasteiger charge is 2.25. The van der Waals surface area contributed by atoms with Gasteiger partial charge in [0.1, 0.15) is 17.7 Å². The van der Waals surface area contributed by atoms with Crippen LogP contribution in [0.5, 0.6) is 0 Å². The van der Waals surface area contributed by atoms with E-state index >= 15 is 0 Å². The number of rotatable bonds is 7. The molecule has 0 aliphatic carbocycles. The number of carbonyl (C=O) groups excluding carboxylic acids is 2. The van der Waals surface area contributed by atoms with Gasteiger partial charge < -0.3 is 10.6 Å². The van der Waals surface area contributed by atoms with Crippen LogP contribution in [-0.2, 0) is 9.59 Å². The number of nitrogens with one attached hydrogen (secondary N) is 2. The molecule has 0 saturated heterocycles. The standard InChI is InChI=1S/C21H24F2N2O2/c1-13(2)11-19(26)25-20(15-7-5-4-6-8-15)21(27)24-14(3)17-10-9-16(22)12-18(17)23/h4-10,12-14,20H,11H2,1-3H3,(H,24,27)(H,25,26). The maximum absolute atomic E-state index is 14.0. The first-order chi connectivity index (χ1) is 12.8. The van der Waals surface area contributed by atoms with Crippen molar-refractivity contribution in [2.75, 3.05) is 0 Å². The minimum atomic E-state index is -0.900. The van der Waals surface area contributed by atoms with Crippen molar-refractivity contribution in [3.05, 3.63) is 71.3 Å². The summed E-state index contributed by atoms with van der Waals surface area (Å²) in [5, 5.41) is 5.44. The first kappa shape index (κ1) is 20.6. The molecule has 2 unspecified atom stereocenters. The molecule has 144 valence electrons. The molecular weight excluding hydrogens is 350 g/mol. The van der Waals surface area contributed by atoms with Crippen molar-refractivity contribution < 1.29 is 18.4 Å². The number of hydrogen-bond acceptors (Lipinski definition) is 2. The van der Waals surface area contributed by atoms with E-state index in [9.17, 15) is 18.4 Å². The highest BCUT2D eigenvalue weighted by atomic mass is 19.1. The number of amides is 2. The average molecular weight is 374 g/mol. The third-order valence-electron chi connectivity index (χ3n) is 4.08. The van der Waals surface area contributed by atoms with Crippen molar-refractivity contribution in [1.29, 1.82) is 0 Å². The van der Waals surface area contributed by atoms with E-state index in [1.165, 1.54) is 6.07 Å². The molecule has 0 radical (unpaired) electrons. The van der Waals surface area contributed by atoms with Crippen LogP contribution in [0.4, 0.5) is 8.78 Å². The molecule has 0 fully saturated rings. The molecule has 2 N–H and O–H groups in total. The van der Waals surface area contributed by atoms with Gasteiger partial charge in [0.2, 0.25) is 11.8 Å². The van der Waals surface area contributed by atoms with Gasteiger partial charge in [-0.3, -0.25) is 9.59 Å². The van der Waals surface area contributed by atoms with Gasteiger partial charge >= 0.3 is 0 Å².